The van der Waals surface area contributed by atoms with Crippen LogP contribution in [0.3, 0.4) is 0 Å². The predicted octanol–water partition coefficient (Wildman–Crippen LogP) is 5.97. The average Bonchev–Trinajstić information content (AvgIpc) is 2.72. The van der Waals surface area contributed by atoms with E-state index in [0.717, 1.165) is 31.2 Å². The predicted molar refractivity (Wildman–Crippen MR) is 126 cm³/mol. The molecule has 0 spiro atoms. The molecule has 1 aromatic carbocycles. The third-order valence-electron chi connectivity index (χ3n) is 5.70. The molecule has 182 valence electrons. The molecule has 0 fully saturated rings. The SMILES string of the molecule is CCCCC[C@H](CCC)C[C@H](C[C@H](CCc1ccc(O)c(OC)c1)OC(C)=O)OC(C)=O. The number of carbonyl (C=O) groups is 2. The second kappa shape index (κ2) is 15.5. The highest BCUT2D eigenvalue weighted by Gasteiger charge is 2.24. The summed E-state index contributed by atoms with van der Waals surface area (Å²) in [6.07, 6.45) is 8.81. The van der Waals surface area contributed by atoms with Crippen LogP contribution >= 0.6 is 0 Å². The number of hydrogen-bond acceptors (Lipinski definition) is 6. The first-order valence-electron chi connectivity index (χ1n) is 12.0. The maximum absolute atomic E-state index is 11.8. The van der Waals surface area contributed by atoms with E-state index in [-0.39, 0.29) is 29.9 Å². The number of carbonyl (C=O) groups excluding carboxylic acids is 2. The second-order valence-corrected chi connectivity index (χ2v) is 8.63. The second-order valence-electron chi connectivity index (χ2n) is 8.63. The van der Waals surface area contributed by atoms with Crippen LogP contribution in [0.1, 0.15) is 91.0 Å². The van der Waals surface area contributed by atoms with Gasteiger partial charge >= 0.3 is 11.9 Å². The highest BCUT2D eigenvalue weighted by Crippen LogP contribution is 2.28. The number of rotatable bonds is 16. The van der Waals surface area contributed by atoms with Crippen molar-refractivity contribution >= 4 is 11.9 Å². The normalized spacial score (nSPS) is 13.8. The number of phenols is 1. The molecule has 0 saturated heterocycles. The van der Waals surface area contributed by atoms with E-state index in [0.29, 0.717) is 30.9 Å². The van der Waals surface area contributed by atoms with E-state index >= 15 is 0 Å². The van der Waals surface area contributed by atoms with E-state index in [1.807, 2.05) is 6.07 Å². The van der Waals surface area contributed by atoms with E-state index in [2.05, 4.69) is 13.8 Å². The molecule has 3 atom stereocenters. The first-order chi connectivity index (χ1) is 15.3. The summed E-state index contributed by atoms with van der Waals surface area (Å²) in [6.45, 7) is 7.22. The Morgan fingerprint density at radius 1 is 0.906 bits per heavy atom. The Bertz CT molecular complexity index is 687. The highest BCUT2D eigenvalue weighted by molar-refractivity contribution is 5.66. The van der Waals surface area contributed by atoms with E-state index in [4.69, 9.17) is 14.2 Å². The smallest absolute Gasteiger partial charge is 0.302 e. The van der Waals surface area contributed by atoms with Gasteiger partial charge in [0.1, 0.15) is 12.2 Å². The summed E-state index contributed by atoms with van der Waals surface area (Å²) in [5, 5.41) is 9.80. The molecule has 0 aromatic heterocycles. The molecular formula is C26H42O6. The van der Waals surface area contributed by atoms with Gasteiger partial charge in [0.2, 0.25) is 0 Å². The Balaban J connectivity index is 2.86. The maximum atomic E-state index is 11.8. The topological polar surface area (TPSA) is 82.1 Å². The first-order valence-corrected chi connectivity index (χ1v) is 12.0. The van der Waals surface area contributed by atoms with Crippen LogP contribution in [0.4, 0.5) is 0 Å². The van der Waals surface area contributed by atoms with Gasteiger partial charge in [-0.15, -0.1) is 0 Å². The van der Waals surface area contributed by atoms with Gasteiger partial charge in [0.15, 0.2) is 11.5 Å². The number of aryl methyl sites for hydroxylation is 1. The lowest BCUT2D eigenvalue weighted by Gasteiger charge is -2.27. The van der Waals surface area contributed by atoms with E-state index in [9.17, 15) is 14.7 Å². The minimum Gasteiger partial charge on any atom is -0.504 e. The molecule has 0 aliphatic carbocycles. The lowest BCUT2D eigenvalue weighted by Crippen LogP contribution is -2.28. The van der Waals surface area contributed by atoms with E-state index in [1.54, 1.807) is 12.1 Å². The molecule has 1 aromatic rings. The molecule has 32 heavy (non-hydrogen) atoms. The van der Waals surface area contributed by atoms with Crippen LogP contribution in [-0.4, -0.2) is 36.4 Å². The van der Waals surface area contributed by atoms with Crippen molar-refractivity contribution in [3.05, 3.63) is 23.8 Å². The molecule has 0 radical (unpaired) electrons. The number of methoxy groups -OCH3 is 1. The third-order valence-corrected chi connectivity index (χ3v) is 5.70. The molecule has 6 nitrogen and oxygen atoms in total. The van der Waals surface area contributed by atoms with Crippen LogP contribution < -0.4 is 4.74 Å². The zero-order chi connectivity index (χ0) is 23.9. The molecular weight excluding hydrogens is 408 g/mol. The van der Waals surface area contributed by atoms with Gasteiger partial charge in [0.05, 0.1) is 7.11 Å². The molecule has 1 rings (SSSR count). The summed E-state index contributed by atoms with van der Waals surface area (Å²) in [6, 6.07) is 5.22. The Hall–Kier alpha value is -2.24. The largest absolute Gasteiger partial charge is 0.504 e. The standard InChI is InChI=1S/C26H42O6/c1-6-8-9-11-21(10-7-2)16-24(32-20(4)28)18-23(31-19(3)27)14-12-22-13-15-25(29)26(17-22)30-5/h13,15,17,21,23-24,29H,6-12,14,16,18H2,1-5H3/t21-,23-,24+/m0/s1. The molecule has 0 bridgehead atoms. The van der Waals surface area contributed by atoms with Crippen LogP contribution in [-0.2, 0) is 25.5 Å². The van der Waals surface area contributed by atoms with Crippen LogP contribution in [0.25, 0.3) is 0 Å². The van der Waals surface area contributed by atoms with Gasteiger partial charge in [-0.3, -0.25) is 9.59 Å². The number of hydrogen-bond donors (Lipinski definition) is 1. The monoisotopic (exact) mass is 450 g/mol. The van der Waals surface area contributed by atoms with Crippen molar-refractivity contribution in [3.63, 3.8) is 0 Å². The number of phenolic OH excluding ortho intramolecular Hbond substituents is 1. The fourth-order valence-electron chi connectivity index (χ4n) is 4.23. The van der Waals surface area contributed by atoms with Crippen molar-refractivity contribution in [2.45, 2.75) is 104 Å². The summed E-state index contributed by atoms with van der Waals surface area (Å²) in [5.74, 6) is 0.360. The Kier molecular flexibility index (Phi) is 13.5. The van der Waals surface area contributed by atoms with Crippen molar-refractivity contribution in [1.29, 1.82) is 0 Å². The first kappa shape index (κ1) is 27.8. The van der Waals surface area contributed by atoms with E-state index in [1.165, 1.54) is 40.2 Å². The molecule has 0 heterocycles. The lowest BCUT2D eigenvalue weighted by atomic mass is 9.88. The fourth-order valence-corrected chi connectivity index (χ4v) is 4.23. The molecule has 0 amide bonds. The number of unbranched alkanes of at least 4 members (excludes halogenated alkanes) is 2. The van der Waals surface area contributed by atoms with Crippen LogP contribution in [0, 0.1) is 5.92 Å². The molecule has 0 saturated carbocycles. The molecule has 0 unspecified atom stereocenters. The van der Waals surface area contributed by atoms with Crippen molar-refractivity contribution in [1.82, 2.24) is 0 Å². The molecule has 6 heteroatoms. The van der Waals surface area contributed by atoms with Crippen molar-refractivity contribution in [3.8, 4) is 11.5 Å². The van der Waals surface area contributed by atoms with Gasteiger partial charge in [0.25, 0.3) is 0 Å². The van der Waals surface area contributed by atoms with Crippen molar-refractivity contribution in [2.75, 3.05) is 7.11 Å². The van der Waals surface area contributed by atoms with Crippen LogP contribution in [0.5, 0.6) is 11.5 Å². The maximum Gasteiger partial charge on any atom is 0.302 e. The lowest BCUT2D eigenvalue weighted by molar-refractivity contribution is -0.153. The summed E-state index contributed by atoms with van der Waals surface area (Å²) in [7, 11) is 1.51. The molecule has 1 N–H and O–H groups in total. The Morgan fingerprint density at radius 2 is 1.59 bits per heavy atom. The summed E-state index contributed by atoms with van der Waals surface area (Å²) in [4.78, 5) is 23.5. The molecule has 0 aliphatic rings. The van der Waals surface area contributed by atoms with Crippen molar-refractivity contribution in [2.24, 2.45) is 5.92 Å². The highest BCUT2D eigenvalue weighted by atomic mass is 16.6. The number of ether oxygens (including phenoxy) is 3. The third kappa shape index (κ3) is 11.4. The number of esters is 2. The van der Waals surface area contributed by atoms with Crippen molar-refractivity contribution < 1.29 is 28.9 Å². The summed E-state index contributed by atoms with van der Waals surface area (Å²) in [5.41, 5.74) is 0.976. The Labute approximate surface area is 193 Å². The minimum absolute atomic E-state index is 0.0905. The Morgan fingerprint density at radius 3 is 2.19 bits per heavy atom. The quantitative estimate of drug-likeness (QED) is 0.247. The van der Waals surface area contributed by atoms with Gasteiger partial charge < -0.3 is 19.3 Å². The zero-order valence-electron chi connectivity index (χ0n) is 20.5. The average molecular weight is 451 g/mol. The summed E-state index contributed by atoms with van der Waals surface area (Å²) < 4.78 is 16.4. The summed E-state index contributed by atoms with van der Waals surface area (Å²) >= 11 is 0. The van der Waals surface area contributed by atoms with E-state index < -0.39 is 0 Å². The van der Waals surface area contributed by atoms with Gasteiger partial charge in [-0.05, 0) is 42.9 Å². The van der Waals surface area contributed by atoms with Gasteiger partial charge in [-0.2, -0.15) is 0 Å². The number of aromatic hydroxyl groups is 1. The fraction of sp³-hybridized carbons (Fsp3) is 0.692. The van der Waals surface area contributed by atoms with Crippen LogP contribution in [0.15, 0.2) is 18.2 Å². The number of benzene rings is 1. The minimum atomic E-state index is -0.352. The van der Waals surface area contributed by atoms with Gasteiger partial charge in [-0.25, -0.2) is 0 Å². The van der Waals surface area contributed by atoms with Crippen LogP contribution in [0.2, 0.25) is 0 Å². The molecule has 0 aliphatic heterocycles. The van der Waals surface area contributed by atoms with Gasteiger partial charge in [0, 0.05) is 20.3 Å². The zero-order valence-corrected chi connectivity index (χ0v) is 20.5. The van der Waals surface area contributed by atoms with Gasteiger partial charge in [-0.1, -0.05) is 58.4 Å².